The van der Waals surface area contributed by atoms with Crippen molar-refractivity contribution in [3.05, 3.63) is 30.4 Å². The summed E-state index contributed by atoms with van der Waals surface area (Å²) >= 11 is 0. The smallest absolute Gasteiger partial charge is 0.288 e. The van der Waals surface area contributed by atoms with E-state index >= 15 is 0 Å². The van der Waals surface area contributed by atoms with Gasteiger partial charge in [-0.15, -0.1) is 0 Å². The normalized spacial score (nSPS) is 10.2. The van der Waals surface area contributed by atoms with Crippen LogP contribution in [0.3, 0.4) is 0 Å². The average Bonchev–Trinajstić information content (AvgIpc) is 2.96. The minimum absolute atomic E-state index is 0.234. The molecule has 1 amide bonds. The van der Waals surface area contributed by atoms with E-state index in [4.69, 9.17) is 0 Å². The molecule has 0 aliphatic rings. The summed E-state index contributed by atoms with van der Waals surface area (Å²) < 4.78 is 0. The minimum Gasteiger partial charge on any atom is -0.349 e. The number of aromatic nitrogens is 5. The minimum atomic E-state index is -0.239. The van der Waals surface area contributed by atoms with E-state index < -0.39 is 0 Å². The second kappa shape index (κ2) is 5.06. The largest absolute Gasteiger partial charge is 0.349 e. The highest BCUT2D eigenvalue weighted by atomic mass is 16.2. The van der Waals surface area contributed by atoms with E-state index in [1.807, 2.05) is 0 Å². The number of aryl methyl sites for hydroxylation is 1. The van der Waals surface area contributed by atoms with Crippen LogP contribution >= 0.6 is 0 Å². The van der Waals surface area contributed by atoms with Crippen molar-refractivity contribution in [2.75, 3.05) is 6.54 Å². The molecule has 16 heavy (non-hydrogen) atoms. The lowest BCUT2D eigenvalue weighted by atomic mass is 10.3. The Morgan fingerprint density at radius 2 is 2.38 bits per heavy atom. The molecular weight excluding hydrogens is 208 g/mol. The molecule has 7 nitrogen and oxygen atoms in total. The van der Waals surface area contributed by atoms with Crippen LogP contribution in [0.5, 0.6) is 0 Å². The van der Waals surface area contributed by atoms with Crippen LogP contribution in [0.15, 0.2) is 18.7 Å². The van der Waals surface area contributed by atoms with Gasteiger partial charge in [-0.2, -0.15) is 5.10 Å². The fourth-order valence-electron chi connectivity index (χ4n) is 1.29. The van der Waals surface area contributed by atoms with Crippen LogP contribution in [0.1, 0.15) is 22.9 Å². The van der Waals surface area contributed by atoms with E-state index in [0.717, 1.165) is 18.7 Å². The lowest BCUT2D eigenvalue weighted by molar-refractivity contribution is 0.0943. The van der Waals surface area contributed by atoms with E-state index in [9.17, 15) is 4.79 Å². The zero-order valence-electron chi connectivity index (χ0n) is 8.60. The summed E-state index contributed by atoms with van der Waals surface area (Å²) in [5.41, 5.74) is 0. The molecule has 0 bridgehead atoms. The van der Waals surface area contributed by atoms with E-state index in [2.05, 4.69) is 30.5 Å². The number of hydrogen-bond donors (Lipinski definition) is 3. The van der Waals surface area contributed by atoms with Crippen LogP contribution < -0.4 is 5.32 Å². The van der Waals surface area contributed by atoms with Gasteiger partial charge in [0, 0.05) is 25.4 Å². The monoisotopic (exact) mass is 220 g/mol. The molecule has 0 unspecified atom stereocenters. The number of nitrogens with zero attached hydrogens (tertiary/aromatic N) is 3. The standard InChI is InChI=1S/C9H12N6O/c16-9(8-13-6-14-15-8)12-3-1-2-7-10-4-5-11-7/h4-6H,1-3H2,(H,10,11)(H,12,16)(H,13,14,15). The molecule has 84 valence electrons. The average molecular weight is 220 g/mol. The molecule has 2 rings (SSSR count). The maximum absolute atomic E-state index is 11.4. The first-order valence-corrected chi connectivity index (χ1v) is 4.98. The first-order valence-electron chi connectivity index (χ1n) is 4.98. The number of amides is 1. The summed E-state index contributed by atoms with van der Waals surface area (Å²) in [6.07, 6.45) is 6.43. The Kier molecular flexibility index (Phi) is 3.27. The first-order chi connectivity index (χ1) is 7.86. The van der Waals surface area contributed by atoms with Gasteiger partial charge in [0.15, 0.2) is 0 Å². The van der Waals surface area contributed by atoms with Gasteiger partial charge in [-0.3, -0.25) is 9.89 Å². The van der Waals surface area contributed by atoms with Gasteiger partial charge in [0.05, 0.1) is 0 Å². The van der Waals surface area contributed by atoms with Crippen molar-refractivity contribution in [1.29, 1.82) is 0 Å². The zero-order valence-corrected chi connectivity index (χ0v) is 8.60. The fraction of sp³-hybridized carbons (Fsp3) is 0.333. The van der Waals surface area contributed by atoms with Gasteiger partial charge in [0.2, 0.25) is 5.82 Å². The van der Waals surface area contributed by atoms with Gasteiger partial charge >= 0.3 is 0 Å². The highest BCUT2D eigenvalue weighted by Gasteiger charge is 2.06. The second-order valence-electron chi connectivity index (χ2n) is 3.23. The summed E-state index contributed by atoms with van der Waals surface area (Å²) in [5.74, 6) is 0.920. The lowest BCUT2D eigenvalue weighted by Gasteiger charge is -2.01. The molecule has 0 fully saturated rings. The quantitative estimate of drug-likeness (QED) is 0.612. The summed E-state index contributed by atoms with van der Waals surface area (Å²) in [6.45, 7) is 0.584. The third-order valence-corrected chi connectivity index (χ3v) is 2.06. The molecule has 0 aliphatic carbocycles. The molecular formula is C9H12N6O. The summed E-state index contributed by atoms with van der Waals surface area (Å²) in [7, 11) is 0. The first kappa shape index (κ1) is 10.3. The molecule has 0 aromatic carbocycles. The van der Waals surface area contributed by atoms with Crippen molar-refractivity contribution in [2.45, 2.75) is 12.8 Å². The van der Waals surface area contributed by atoms with Crippen molar-refractivity contribution in [1.82, 2.24) is 30.5 Å². The zero-order chi connectivity index (χ0) is 11.2. The predicted molar refractivity (Wildman–Crippen MR) is 55.6 cm³/mol. The molecule has 0 spiro atoms. The summed E-state index contributed by atoms with van der Waals surface area (Å²) in [6, 6.07) is 0. The highest BCUT2D eigenvalue weighted by Crippen LogP contribution is 1.93. The van der Waals surface area contributed by atoms with Crippen molar-refractivity contribution in [3.63, 3.8) is 0 Å². The predicted octanol–water partition coefficient (Wildman–Crippen LogP) is -0.110. The third kappa shape index (κ3) is 2.66. The Morgan fingerprint density at radius 3 is 3.06 bits per heavy atom. The van der Waals surface area contributed by atoms with Crippen molar-refractivity contribution in [3.8, 4) is 0 Å². The Labute approximate surface area is 91.7 Å². The van der Waals surface area contributed by atoms with Gasteiger partial charge < -0.3 is 10.3 Å². The van der Waals surface area contributed by atoms with E-state index in [1.165, 1.54) is 6.33 Å². The van der Waals surface area contributed by atoms with Crippen molar-refractivity contribution in [2.24, 2.45) is 0 Å². The van der Waals surface area contributed by atoms with Crippen LogP contribution in [-0.2, 0) is 6.42 Å². The van der Waals surface area contributed by atoms with Crippen LogP contribution in [-0.4, -0.2) is 37.6 Å². The van der Waals surface area contributed by atoms with Gasteiger partial charge in [-0.25, -0.2) is 9.97 Å². The number of H-pyrrole nitrogens is 2. The molecule has 0 radical (unpaired) electrons. The topological polar surface area (TPSA) is 99.3 Å². The van der Waals surface area contributed by atoms with Gasteiger partial charge in [-0.1, -0.05) is 0 Å². The van der Waals surface area contributed by atoms with E-state index in [1.54, 1.807) is 12.4 Å². The van der Waals surface area contributed by atoms with Gasteiger partial charge in [0.1, 0.15) is 12.2 Å². The highest BCUT2D eigenvalue weighted by molar-refractivity contribution is 5.90. The van der Waals surface area contributed by atoms with Crippen molar-refractivity contribution < 1.29 is 4.79 Å². The molecule has 0 saturated heterocycles. The summed E-state index contributed by atoms with van der Waals surface area (Å²) in [5, 5.41) is 8.83. The Bertz CT molecular complexity index is 421. The number of imidazole rings is 1. The number of aromatic amines is 2. The van der Waals surface area contributed by atoms with E-state index in [-0.39, 0.29) is 11.7 Å². The van der Waals surface area contributed by atoms with E-state index in [0.29, 0.717) is 6.54 Å². The molecule has 2 heterocycles. The molecule has 2 aromatic rings. The Balaban J connectivity index is 1.67. The second-order valence-corrected chi connectivity index (χ2v) is 3.23. The van der Waals surface area contributed by atoms with Crippen LogP contribution in [0, 0.1) is 0 Å². The molecule has 0 atom stereocenters. The van der Waals surface area contributed by atoms with Crippen LogP contribution in [0.2, 0.25) is 0 Å². The van der Waals surface area contributed by atoms with Crippen LogP contribution in [0.25, 0.3) is 0 Å². The molecule has 0 aliphatic heterocycles. The van der Waals surface area contributed by atoms with Crippen molar-refractivity contribution >= 4 is 5.91 Å². The maximum atomic E-state index is 11.4. The number of nitrogens with one attached hydrogen (secondary N) is 3. The molecule has 0 saturated carbocycles. The molecule has 3 N–H and O–H groups in total. The maximum Gasteiger partial charge on any atom is 0.288 e. The van der Waals surface area contributed by atoms with Crippen LogP contribution in [0.4, 0.5) is 0 Å². The number of carbonyl (C=O) groups excluding carboxylic acids is 1. The Hall–Kier alpha value is -2.18. The number of rotatable bonds is 5. The summed E-state index contributed by atoms with van der Waals surface area (Å²) in [4.78, 5) is 22.2. The van der Waals surface area contributed by atoms with Gasteiger partial charge in [0.25, 0.3) is 5.91 Å². The SMILES string of the molecule is O=C(NCCCc1ncc[nH]1)c1ncn[nH]1. The lowest BCUT2D eigenvalue weighted by Crippen LogP contribution is -2.25. The molecule has 7 heteroatoms. The Morgan fingerprint density at radius 1 is 1.44 bits per heavy atom. The number of carbonyl (C=O) groups is 1. The number of hydrogen-bond acceptors (Lipinski definition) is 4. The fourth-order valence-corrected chi connectivity index (χ4v) is 1.29. The third-order valence-electron chi connectivity index (χ3n) is 2.06. The molecule has 2 aromatic heterocycles. The van der Waals surface area contributed by atoms with Gasteiger partial charge in [-0.05, 0) is 6.42 Å².